The van der Waals surface area contributed by atoms with Crippen LogP contribution in [-0.4, -0.2) is 0 Å². The monoisotopic (exact) mass is 138 g/mol. The van der Waals surface area contributed by atoms with E-state index in [4.69, 9.17) is 4.74 Å². The summed E-state index contributed by atoms with van der Waals surface area (Å²) in [6, 6.07) is 0. The van der Waals surface area contributed by atoms with Crippen LogP contribution >= 0.6 is 0 Å². The number of rotatable bonds is 5. The van der Waals surface area contributed by atoms with Crippen molar-refractivity contribution < 1.29 is 4.74 Å². The molecular weight excluding hydrogens is 124 g/mol. The van der Waals surface area contributed by atoms with Gasteiger partial charge in [-0.05, 0) is 12.5 Å². The summed E-state index contributed by atoms with van der Waals surface area (Å²) in [5.74, 6) is 2.17. The van der Waals surface area contributed by atoms with E-state index >= 15 is 0 Å². The Morgan fingerprint density at radius 3 is 2.80 bits per heavy atom. The van der Waals surface area contributed by atoms with Crippen LogP contribution in [0.5, 0.6) is 0 Å². The smallest absolute Gasteiger partial charge is 0.164 e. The zero-order chi connectivity index (χ0) is 7.40. The Hall–Kier alpha value is -0.720. The van der Waals surface area contributed by atoms with E-state index in [0.29, 0.717) is 0 Å². The fraction of sp³-hybridized carbons (Fsp3) is 0.556. The van der Waals surface area contributed by atoms with Crippen LogP contribution in [0.3, 0.4) is 0 Å². The molecule has 1 aliphatic heterocycles. The summed E-state index contributed by atoms with van der Waals surface area (Å²) < 4.78 is 5.13. The number of hydrogen-bond donors (Lipinski definition) is 0. The first-order valence-corrected chi connectivity index (χ1v) is 3.92. The minimum Gasteiger partial charge on any atom is -0.454 e. The third-order valence-corrected chi connectivity index (χ3v) is 1.66. The molecule has 0 atom stereocenters. The third kappa shape index (κ3) is 1.90. The van der Waals surface area contributed by atoms with Crippen LogP contribution in [0.2, 0.25) is 0 Å². The quantitative estimate of drug-likeness (QED) is 0.532. The molecule has 1 nitrogen and oxygen atoms in total. The van der Waals surface area contributed by atoms with Crippen molar-refractivity contribution in [2.75, 3.05) is 0 Å². The van der Waals surface area contributed by atoms with E-state index in [1.54, 1.807) is 6.08 Å². The fourth-order valence-corrected chi connectivity index (χ4v) is 0.973. The second-order valence-electron chi connectivity index (χ2n) is 2.55. The molecule has 1 heteroatoms. The van der Waals surface area contributed by atoms with Gasteiger partial charge in [-0.2, -0.15) is 0 Å². The molecule has 56 valence electrons. The fourth-order valence-electron chi connectivity index (χ4n) is 0.973. The van der Waals surface area contributed by atoms with Gasteiger partial charge in [-0.25, -0.2) is 0 Å². The van der Waals surface area contributed by atoms with E-state index in [-0.39, 0.29) is 0 Å². The summed E-state index contributed by atoms with van der Waals surface area (Å²) in [4.78, 5) is 0. The van der Waals surface area contributed by atoms with Crippen LogP contribution < -0.4 is 0 Å². The molecule has 1 heterocycles. The predicted octanol–water partition coefficient (Wildman–Crippen LogP) is 2.99. The molecule has 0 N–H and O–H groups in total. The summed E-state index contributed by atoms with van der Waals surface area (Å²) >= 11 is 0. The molecule has 0 saturated carbocycles. The maximum Gasteiger partial charge on any atom is 0.164 e. The zero-order valence-electron chi connectivity index (χ0n) is 6.52. The SMILES string of the molecule is C=CC1=C(CCCCC)O1. The van der Waals surface area contributed by atoms with E-state index < -0.39 is 0 Å². The summed E-state index contributed by atoms with van der Waals surface area (Å²) in [6.07, 6.45) is 6.72. The highest BCUT2D eigenvalue weighted by Crippen LogP contribution is 2.31. The van der Waals surface area contributed by atoms with Gasteiger partial charge < -0.3 is 4.74 Å². The molecule has 10 heavy (non-hydrogen) atoms. The maximum atomic E-state index is 5.13. The van der Waals surface area contributed by atoms with Gasteiger partial charge in [0.25, 0.3) is 0 Å². The highest BCUT2D eigenvalue weighted by atomic mass is 16.6. The lowest BCUT2D eigenvalue weighted by Crippen LogP contribution is -1.71. The van der Waals surface area contributed by atoms with E-state index in [1.165, 1.54) is 19.3 Å². The van der Waals surface area contributed by atoms with Crippen molar-refractivity contribution in [2.45, 2.75) is 32.6 Å². The second-order valence-corrected chi connectivity index (χ2v) is 2.55. The molecule has 0 aromatic rings. The highest BCUT2D eigenvalue weighted by molar-refractivity contribution is 5.27. The van der Waals surface area contributed by atoms with Crippen molar-refractivity contribution in [3.63, 3.8) is 0 Å². The Bertz CT molecular complexity index is 156. The molecule has 0 unspecified atom stereocenters. The lowest BCUT2D eigenvalue weighted by atomic mass is 10.2. The molecule has 0 saturated heterocycles. The van der Waals surface area contributed by atoms with Gasteiger partial charge in [-0.1, -0.05) is 26.3 Å². The van der Waals surface area contributed by atoms with Crippen LogP contribution in [0.25, 0.3) is 0 Å². The Kier molecular flexibility index (Phi) is 2.55. The molecule has 0 amide bonds. The van der Waals surface area contributed by atoms with E-state index in [0.717, 1.165) is 17.9 Å². The summed E-state index contributed by atoms with van der Waals surface area (Å²) in [5, 5.41) is 0. The Balaban J connectivity index is 2.05. The van der Waals surface area contributed by atoms with Gasteiger partial charge in [0, 0.05) is 6.42 Å². The molecule has 0 aromatic heterocycles. The first kappa shape index (κ1) is 7.39. The Morgan fingerprint density at radius 1 is 1.50 bits per heavy atom. The Labute approximate surface area is 62.4 Å². The topological polar surface area (TPSA) is 12.5 Å². The average molecular weight is 138 g/mol. The van der Waals surface area contributed by atoms with E-state index in [1.807, 2.05) is 0 Å². The van der Waals surface area contributed by atoms with Gasteiger partial charge in [-0.15, -0.1) is 0 Å². The van der Waals surface area contributed by atoms with Crippen molar-refractivity contribution in [3.05, 3.63) is 24.2 Å². The van der Waals surface area contributed by atoms with Crippen LogP contribution in [0, 0.1) is 0 Å². The zero-order valence-corrected chi connectivity index (χ0v) is 6.52. The molecule has 0 fully saturated rings. The van der Waals surface area contributed by atoms with Crippen molar-refractivity contribution in [1.82, 2.24) is 0 Å². The van der Waals surface area contributed by atoms with Crippen LogP contribution in [0.15, 0.2) is 24.2 Å². The number of unbranched alkanes of at least 4 members (excludes halogenated alkanes) is 2. The minimum atomic E-state index is 1.01. The van der Waals surface area contributed by atoms with Crippen molar-refractivity contribution >= 4 is 0 Å². The number of hydrogen-bond acceptors (Lipinski definition) is 1. The van der Waals surface area contributed by atoms with Gasteiger partial charge in [-0.3, -0.25) is 0 Å². The first-order chi connectivity index (χ1) is 4.88. The van der Waals surface area contributed by atoms with Gasteiger partial charge in [0.2, 0.25) is 0 Å². The normalized spacial score (nSPS) is 14.9. The van der Waals surface area contributed by atoms with E-state index in [2.05, 4.69) is 13.5 Å². The average Bonchev–Trinajstić information content (AvgIpc) is 2.68. The van der Waals surface area contributed by atoms with Crippen LogP contribution in [0.4, 0.5) is 0 Å². The lowest BCUT2D eigenvalue weighted by molar-refractivity contribution is 0.457. The summed E-state index contributed by atoms with van der Waals surface area (Å²) in [6.45, 7) is 5.82. The van der Waals surface area contributed by atoms with Crippen LogP contribution in [0.1, 0.15) is 32.6 Å². The molecule has 0 aromatic carbocycles. The lowest BCUT2D eigenvalue weighted by Gasteiger charge is -1.88. The van der Waals surface area contributed by atoms with Crippen molar-refractivity contribution in [1.29, 1.82) is 0 Å². The molecular formula is C9H14O. The molecule has 1 aliphatic rings. The maximum absolute atomic E-state index is 5.13. The van der Waals surface area contributed by atoms with Crippen molar-refractivity contribution in [2.24, 2.45) is 0 Å². The summed E-state index contributed by atoms with van der Waals surface area (Å²) in [5.41, 5.74) is 0. The molecule has 1 rings (SSSR count). The Morgan fingerprint density at radius 2 is 2.30 bits per heavy atom. The largest absolute Gasteiger partial charge is 0.454 e. The van der Waals surface area contributed by atoms with Gasteiger partial charge in [0.1, 0.15) is 5.76 Å². The number of allylic oxidation sites excluding steroid dienone is 2. The molecule has 0 bridgehead atoms. The van der Waals surface area contributed by atoms with Gasteiger partial charge in [0.15, 0.2) is 5.76 Å². The van der Waals surface area contributed by atoms with Gasteiger partial charge in [0.05, 0.1) is 0 Å². The standard InChI is InChI=1S/C9H14O/c1-3-5-6-7-9-8(4-2)10-9/h4H,2-3,5-7H2,1H3. The van der Waals surface area contributed by atoms with Gasteiger partial charge >= 0.3 is 0 Å². The second kappa shape index (κ2) is 3.45. The molecule has 0 radical (unpaired) electrons. The molecule has 0 spiro atoms. The van der Waals surface area contributed by atoms with Crippen LogP contribution in [-0.2, 0) is 4.74 Å². The molecule has 0 aliphatic carbocycles. The van der Waals surface area contributed by atoms with Crippen molar-refractivity contribution in [3.8, 4) is 0 Å². The summed E-state index contributed by atoms with van der Waals surface area (Å²) in [7, 11) is 0. The van der Waals surface area contributed by atoms with E-state index in [9.17, 15) is 0 Å². The predicted molar refractivity (Wildman–Crippen MR) is 42.5 cm³/mol. The third-order valence-electron chi connectivity index (χ3n) is 1.66. The number of ether oxygens (including phenoxy) is 1. The first-order valence-electron chi connectivity index (χ1n) is 3.92. The minimum absolute atomic E-state index is 1.01. The highest BCUT2D eigenvalue weighted by Gasteiger charge is 2.19.